The topological polar surface area (TPSA) is 62.5 Å². The minimum Gasteiger partial charge on any atom is -0.393 e. The fourth-order valence-electron chi connectivity index (χ4n) is 3.45. The lowest BCUT2D eigenvalue weighted by Crippen LogP contribution is -2.28. The van der Waals surface area contributed by atoms with Gasteiger partial charge in [0.1, 0.15) is 5.82 Å². The first-order valence-electron chi connectivity index (χ1n) is 8.87. The van der Waals surface area contributed by atoms with Gasteiger partial charge in [-0.1, -0.05) is 12.1 Å². The molecule has 1 aliphatic rings. The number of fused-ring (bicyclic) bond motifs is 1. The van der Waals surface area contributed by atoms with Crippen LogP contribution >= 0.6 is 0 Å². The molecule has 3 aromatic rings. The number of anilines is 1. The third kappa shape index (κ3) is 3.75. The molecule has 0 radical (unpaired) electrons. The largest absolute Gasteiger partial charge is 0.416 e. The highest BCUT2D eigenvalue weighted by atomic mass is 19.4. The van der Waals surface area contributed by atoms with Crippen LogP contribution in [-0.4, -0.2) is 31.9 Å². The Morgan fingerprint density at radius 2 is 1.89 bits per heavy atom. The summed E-state index contributed by atoms with van der Waals surface area (Å²) in [6, 6.07) is 7.19. The number of benzene rings is 1. The van der Waals surface area contributed by atoms with E-state index in [-0.39, 0.29) is 12.1 Å². The third-order valence-electron chi connectivity index (χ3n) is 4.92. The van der Waals surface area contributed by atoms with Gasteiger partial charge in [0.05, 0.1) is 17.9 Å². The number of alkyl halides is 3. The van der Waals surface area contributed by atoms with Crippen molar-refractivity contribution in [3.63, 3.8) is 0 Å². The molecule has 1 fully saturated rings. The van der Waals surface area contributed by atoms with Crippen molar-refractivity contribution in [3.8, 4) is 11.1 Å². The summed E-state index contributed by atoms with van der Waals surface area (Å²) in [6.45, 7) is 0. The predicted octanol–water partition coefficient (Wildman–Crippen LogP) is 4.13. The van der Waals surface area contributed by atoms with Crippen molar-refractivity contribution in [2.45, 2.75) is 44.0 Å². The van der Waals surface area contributed by atoms with Crippen molar-refractivity contribution >= 4 is 11.5 Å². The Hall–Kier alpha value is -2.61. The Balaban J connectivity index is 1.65. The van der Waals surface area contributed by atoms with Crippen LogP contribution in [-0.2, 0) is 6.18 Å². The van der Waals surface area contributed by atoms with E-state index in [4.69, 9.17) is 0 Å². The molecule has 2 N–H and O–H groups in total. The summed E-state index contributed by atoms with van der Waals surface area (Å²) in [4.78, 5) is 4.56. The quantitative estimate of drug-likeness (QED) is 0.722. The predicted molar refractivity (Wildman–Crippen MR) is 95.3 cm³/mol. The summed E-state index contributed by atoms with van der Waals surface area (Å²) in [5.74, 6) is 0.651. The van der Waals surface area contributed by atoms with Gasteiger partial charge >= 0.3 is 6.18 Å². The van der Waals surface area contributed by atoms with Crippen molar-refractivity contribution in [2.24, 2.45) is 0 Å². The smallest absolute Gasteiger partial charge is 0.393 e. The molecular formula is C19H19F3N4O. The van der Waals surface area contributed by atoms with E-state index in [1.54, 1.807) is 22.8 Å². The highest BCUT2D eigenvalue weighted by molar-refractivity contribution is 5.78. The van der Waals surface area contributed by atoms with Crippen LogP contribution < -0.4 is 5.32 Å². The maximum atomic E-state index is 13.0. The molecule has 0 atom stereocenters. The number of hydrogen-bond donors (Lipinski definition) is 2. The van der Waals surface area contributed by atoms with Crippen molar-refractivity contribution < 1.29 is 18.3 Å². The number of aromatic nitrogens is 3. The second kappa shape index (κ2) is 6.84. The minimum atomic E-state index is -4.40. The van der Waals surface area contributed by atoms with Crippen LogP contribution in [0.5, 0.6) is 0 Å². The summed E-state index contributed by atoms with van der Waals surface area (Å²) in [5.41, 5.74) is 0.763. The number of nitrogens with zero attached hydrogens (tertiary/aromatic N) is 3. The van der Waals surface area contributed by atoms with E-state index in [9.17, 15) is 18.3 Å². The van der Waals surface area contributed by atoms with Crippen LogP contribution in [0.15, 0.2) is 42.7 Å². The summed E-state index contributed by atoms with van der Waals surface area (Å²) in [7, 11) is 0. The van der Waals surface area contributed by atoms with E-state index in [1.165, 1.54) is 12.3 Å². The van der Waals surface area contributed by atoms with Gasteiger partial charge in [-0.2, -0.15) is 18.3 Å². The first kappa shape index (κ1) is 17.8. The molecule has 4 rings (SSSR count). The maximum Gasteiger partial charge on any atom is 0.416 e. The lowest BCUT2D eigenvalue weighted by atomic mass is 9.93. The molecule has 1 aromatic carbocycles. The lowest BCUT2D eigenvalue weighted by molar-refractivity contribution is -0.137. The van der Waals surface area contributed by atoms with E-state index in [1.807, 2.05) is 0 Å². The summed E-state index contributed by atoms with van der Waals surface area (Å²) in [6.07, 6.45) is 1.84. The minimum absolute atomic E-state index is 0.225. The van der Waals surface area contributed by atoms with Crippen LogP contribution in [0, 0.1) is 0 Å². The standard InChI is InChI=1S/C19H19F3N4O/c20-19(21,22)13-3-1-2-12(10-13)16-11-23-26-9-8-17(25-18(16)26)24-14-4-6-15(27)7-5-14/h1-3,8-11,14-15,27H,4-7H2,(H,24,25). The van der Waals surface area contributed by atoms with Crippen LogP contribution in [0.3, 0.4) is 0 Å². The monoisotopic (exact) mass is 376 g/mol. The van der Waals surface area contributed by atoms with Crippen molar-refractivity contribution in [3.05, 3.63) is 48.3 Å². The van der Waals surface area contributed by atoms with Crippen LogP contribution in [0.25, 0.3) is 16.8 Å². The van der Waals surface area contributed by atoms with Crippen molar-refractivity contribution in [1.82, 2.24) is 14.6 Å². The number of halogens is 3. The fourth-order valence-corrected chi connectivity index (χ4v) is 3.45. The van der Waals surface area contributed by atoms with Crippen LogP contribution in [0.1, 0.15) is 31.2 Å². The summed E-state index contributed by atoms with van der Waals surface area (Å²) in [5, 5.41) is 17.2. The first-order valence-corrected chi connectivity index (χ1v) is 8.87. The molecule has 8 heteroatoms. The van der Waals surface area contributed by atoms with Crippen molar-refractivity contribution in [1.29, 1.82) is 0 Å². The number of aliphatic hydroxyl groups is 1. The molecule has 0 aliphatic heterocycles. The molecule has 0 saturated heterocycles. The molecule has 0 unspecified atom stereocenters. The highest BCUT2D eigenvalue weighted by Crippen LogP contribution is 2.33. The maximum absolute atomic E-state index is 13.0. The Morgan fingerprint density at radius 3 is 2.63 bits per heavy atom. The van der Waals surface area contributed by atoms with Crippen LogP contribution in [0.2, 0.25) is 0 Å². The Morgan fingerprint density at radius 1 is 1.11 bits per heavy atom. The third-order valence-corrected chi connectivity index (χ3v) is 4.92. The molecule has 142 valence electrons. The number of nitrogens with one attached hydrogen (secondary N) is 1. The van der Waals surface area contributed by atoms with Gasteiger partial charge in [0, 0.05) is 17.8 Å². The molecule has 1 saturated carbocycles. The second-order valence-electron chi connectivity index (χ2n) is 6.87. The van der Waals surface area contributed by atoms with E-state index < -0.39 is 11.7 Å². The molecule has 0 bridgehead atoms. The van der Waals surface area contributed by atoms with E-state index in [2.05, 4.69) is 15.4 Å². The van der Waals surface area contributed by atoms with Crippen LogP contribution in [0.4, 0.5) is 19.0 Å². The molecule has 27 heavy (non-hydrogen) atoms. The van der Waals surface area contributed by atoms with Gasteiger partial charge in [-0.15, -0.1) is 0 Å². The van der Waals surface area contributed by atoms with Gasteiger partial charge in [0.2, 0.25) is 0 Å². The fraction of sp³-hybridized carbons (Fsp3) is 0.368. The Bertz CT molecular complexity index is 946. The second-order valence-corrected chi connectivity index (χ2v) is 6.87. The SMILES string of the molecule is OC1CCC(Nc2ccn3ncc(-c4cccc(C(F)(F)F)c4)c3n2)CC1. The number of rotatable bonds is 3. The van der Waals surface area contributed by atoms with Gasteiger partial charge in [-0.05, 0) is 49.4 Å². The van der Waals surface area contributed by atoms with Crippen molar-refractivity contribution in [2.75, 3.05) is 5.32 Å². The molecular weight excluding hydrogens is 357 g/mol. The average molecular weight is 376 g/mol. The number of hydrogen-bond acceptors (Lipinski definition) is 4. The molecule has 0 amide bonds. The van der Waals surface area contributed by atoms with Gasteiger partial charge in [-0.25, -0.2) is 9.50 Å². The van der Waals surface area contributed by atoms with Gasteiger partial charge < -0.3 is 10.4 Å². The number of aliphatic hydroxyl groups excluding tert-OH is 1. The zero-order chi connectivity index (χ0) is 19.0. The van der Waals surface area contributed by atoms with Gasteiger partial charge in [-0.3, -0.25) is 0 Å². The van der Waals surface area contributed by atoms with Gasteiger partial charge in [0.15, 0.2) is 5.65 Å². The van der Waals surface area contributed by atoms with E-state index >= 15 is 0 Å². The first-order chi connectivity index (χ1) is 12.9. The molecule has 0 spiro atoms. The highest BCUT2D eigenvalue weighted by Gasteiger charge is 2.30. The van der Waals surface area contributed by atoms with Gasteiger partial charge in [0.25, 0.3) is 0 Å². The normalized spacial score (nSPS) is 20.7. The zero-order valence-electron chi connectivity index (χ0n) is 14.4. The molecule has 2 heterocycles. The summed E-state index contributed by atoms with van der Waals surface area (Å²) >= 11 is 0. The van der Waals surface area contributed by atoms with E-state index in [0.29, 0.717) is 22.6 Å². The lowest BCUT2D eigenvalue weighted by Gasteiger charge is -2.26. The Kier molecular flexibility index (Phi) is 4.51. The molecule has 1 aliphatic carbocycles. The molecule has 2 aromatic heterocycles. The Labute approximate surface area is 153 Å². The average Bonchev–Trinajstić information content (AvgIpc) is 3.06. The summed E-state index contributed by atoms with van der Waals surface area (Å²) < 4.78 is 40.6. The molecule has 5 nitrogen and oxygen atoms in total. The zero-order valence-corrected chi connectivity index (χ0v) is 14.4. The van der Waals surface area contributed by atoms with E-state index in [0.717, 1.165) is 37.8 Å².